The molecule has 0 aromatic heterocycles. The molecule has 0 saturated carbocycles. The number of carbonyl (C=O) groups is 2. The first kappa shape index (κ1) is 13.0. The molecule has 0 aliphatic carbocycles. The highest BCUT2D eigenvalue weighted by Gasteiger charge is 2.33. The van der Waals surface area contributed by atoms with E-state index in [4.69, 9.17) is 5.73 Å². The molecule has 0 radical (unpaired) electrons. The van der Waals surface area contributed by atoms with Gasteiger partial charge in [0, 0.05) is 19.0 Å². The first-order chi connectivity index (χ1) is 7.56. The quantitative estimate of drug-likeness (QED) is 0.686. The van der Waals surface area contributed by atoms with Crippen molar-refractivity contribution in [3.8, 4) is 0 Å². The van der Waals surface area contributed by atoms with Crippen molar-refractivity contribution < 1.29 is 9.59 Å². The Kier molecular flexibility index (Phi) is 4.73. The number of amides is 2. The van der Waals surface area contributed by atoms with Gasteiger partial charge >= 0.3 is 0 Å². The Bertz CT molecular complexity index is 266. The zero-order chi connectivity index (χ0) is 12.1. The monoisotopic (exact) mass is 227 g/mol. The van der Waals surface area contributed by atoms with Gasteiger partial charge in [0.05, 0.1) is 0 Å². The van der Waals surface area contributed by atoms with Crippen molar-refractivity contribution in [2.45, 2.75) is 45.2 Å². The number of nitrogens with one attached hydrogen (secondary N) is 1. The van der Waals surface area contributed by atoms with E-state index in [0.717, 1.165) is 6.54 Å². The summed E-state index contributed by atoms with van der Waals surface area (Å²) in [5.74, 6) is -0.0366. The molecule has 0 aromatic rings. The molecule has 92 valence electrons. The molecule has 0 spiro atoms. The molecule has 1 unspecified atom stereocenters. The van der Waals surface area contributed by atoms with Crippen LogP contribution in [0.5, 0.6) is 0 Å². The Morgan fingerprint density at radius 1 is 1.62 bits per heavy atom. The second-order valence-corrected chi connectivity index (χ2v) is 4.43. The lowest BCUT2D eigenvalue weighted by Gasteiger charge is -2.21. The van der Waals surface area contributed by atoms with E-state index in [1.807, 2.05) is 13.8 Å². The van der Waals surface area contributed by atoms with Crippen LogP contribution in [0.4, 0.5) is 0 Å². The molecule has 1 fully saturated rings. The molecule has 1 saturated heterocycles. The lowest BCUT2D eigenvalue weighted by molar-refractivity contribution is -0.133. The van der Waals surface area contributed by atoms with Crippen LogP contribution in [0, 0.1) is 0 Å². The van der Waals surface area contributed by atoms with Crippen molar-refractivity contribution in [3.63, 3.8) is 0 Å². The van der Waals surface area contributed by atoms with Crippen molar-refractivity contribution in [3.05, 3.63) is 0 Å². The fourth-order valence-electron chi connectivity index (χ4n) is 1.88. The van der Waals surface area contributed by atoms with Crippen LogP contribution in [0.1, 0.15) is 33.1 Å². The predicted octanol–water partition coefficient (Wildman–Crippen LogP) is -0.149. The number of nitrogens with zero attached hydrogens (tertiary/aromatic N) is 1. The van der Waals surface area contributed by atoms with Crippen molar-refractivity contribution in [1.29, 1.82) is 0 Å². The summed E-state index contributed by atoms with van der Waals surface area (Å²) >= 11 is 0. The molecule has 5 heteroatoms. The highest BCUT2D eigenvalue weighted by atomic mass is 16.2. The van der Waals surface area contributed by atoms with Crippen LogP contribution in [0.2, 0.25) is 0 Å². The van der Waals surface area contributed by atoms with E-state index in [0.29, 0.717) is 25.8 Å². The molecule has 5 nitrogen and oxygen atoms in total. The van der Waals surface area contributed by atoms with Crippen molar-refractivity contribution in [2.75, 3.05) is 13.1 Å². The lowest BCUT2D eigenvalue weighted by atomic mass is 10.2. The van der Waals surface area contributed by atoms with Crippen LogP contribution in [-0.2, 0) is 9.59 Å². The summed E-state index contributed by atoms with van der Waals surface area (Å²) in [6, 6.07) is -0.119. The summed E-state index contributed by atoms with van der Waals surface area (Å²) in [7, 11) is 0. The fourth-order valence-corrected chi connectivity index (χ4v) is 1.88. The molecule has 1 aliphatic heterocycles. The van der Waals surface area contributed by atoms with Crippen LogP contribution in [0.15, 0.2) is 0 Å². The van der Waals surface area contributed by atoms with Gasteiger partial charge in [-0.25, -0.2) is 0 Å². The van der Waals surface area contributed by atoms with E-state index >= 15 is 0 Å². The molecule has 1 rings (SSSR count). The van der Waals surface area contributed by atoms with Gasteiger partial charge in [-0.2, -0.15) is 0 Å². The van der Waals surface area contributed by atoms with Gasteiger partial charge in [-0.3, -0.25) is 9.59 Å². The van der Waals surface area contributed by atoms with Gasteiger partial charge in [0.1, 0.15) is 6.04 Å². The Morgan fingerprint density at radius 3 is 2.81 bits per heavy atom. The normalized spacial score (nSPS) is 20.6. The summed E-state index contributed by atoms with van der Waals surface area (Å²) in [6.07, 6.45) is 1.79. The third-order valence-electron chi connectivity index (χ3n) is 2.81. The van der Waals surface area contributed by atoms with E-state index < -0.39 is 0 Å². The van der Waals surface area contributed by atoms with Crippen molar-refractivity contribution in [1.82, 2.24) is 10.2 Å². The van der Waals surface area contributed by atoms with E-state index in [1.165, 1.54) is 0 Å². The highest BCUT2D eigenvalue weighted by molar-refractivity contribution is 5.89. The number of carbonyl (C=O) groups excluding carboxylic acids is 2. The maximum atomic E-state index is 11.8. The summed E-state index contributed by atoms with van der Waals surface area (Å²) in [4.78, 5) is 25.1. The van der Waals surface area contributed by atoms with Gasteiger partial charge in [-0.1, -0.05) is 0 Å². The second-order valence-electron chi connectivity index (χ2n) is 4.43. The maximum absolute atomic E-state index is 11.8. The van der Waals surface area contributed by atoms with Crippen molar-refractivity contribution >= 4 is 11.8 Å². The van der Waals surface area contributed by atoms with Gasteiger partial charge in [0.25, 0.3) is 0 Å². The van der Waals surface area contributed by atoms with Crippen LogP contribution < -0.4 is 11.1 Å². The topological polar surface area (TPSA) is 75.4 Å². The molecule has 3 N–H and O–H groups in total. The number of nitrogens with two attached hydrogens (primary N) is 1. The van der Waals surface area contributed by atoms with Gasteiger partial charge in [0.15, 0.2) is 0 Å². The lowest BCUT2D eigenvalue weighted by Crippen LogP contribution is -2.43. The molecule has 0 bridgehead atoms. The van der Waals surface area contributed by atoms with Gasteiger partial charge in [0.2, 0.25) is 11.8 Å². The number of hydrogen-bond donors (Lipinski definition) is 2. The minimum Gasteiger partial charge on any atom is -0.344 e. The zero-order valence-electron chi connectivity index (χ0n) is 10.0. The minimum absolute atomic E-state index is 0.0381. The Labute approximate surface area is 96.4 Å². The molecule has 1 heterocycles. The number of rotatable bonds is 5. The third-order valence-corrected chi connectivity index (χ3v) is 2.81. The molecule has 0 aromatic carbocycles. The molecular formula is C11H21N3O2. The molecule has 16 heavy (non-hydrogen) atoms. The van der Waals surface area contributed by atoms with Crippen LogP contribution in [0.3, 0.4) is 0 Å². The van der Waals surface area contributed by atoms with Crippen LogP contribution in [-0.4, -0.2) is 41.9 Å². The second kappa shape index (κ2) is 5.84. The van der Waals surface area contributed by atoms with Crippen molar-refractivity contribution in [2.24, 2.45) is 5.73 Å². The van der Waals surface area contributed by atoms with Gasteiger partial charge in [-0.05, 0) is 33.2 Å². The van der Waals surface area contributed by atoms with E-state index in [2.05, 4.69) is 5.32 Å². The molecular weight excluding hydrogens is 206 g/mol. The first-order valence-corrected chi connectivity index (χ1v) is 5.86. The third kappa shape index (κ3) is 3.20. The summed E-state index contributed by atoms with van der Waals surface area (Å²) in [5, 5.41) is 2.76. The Balaban J connectivity index is 2.39. The average Bonchev–Trinajstić information content (AvgIpc) is 2.57. The minimum atomic E-state index is -0.326. The molecule has 2 amide bonds. The Morgan fingerprint density at radius 2 is 2.31 bits per heavy atom. The summed E-state index contributed by atoms with van der Waals surface area (Å²) in [5.41, 5.74) is 5.32. The first-order valence-electron chi connectivity index (χ1n) is 5.86. The van der Waals surface area contributed by atoms with Crippen LogP contribution >= 0.6 is 0 Å². The predicted molar refractivity (Wildman–Crippen MR) is 61.7 cm³/mol. The zero-order valence-corrected chi connectivity index (χ0v) is 10.0. The SMILES string of the molecule is CC(C)N1CCC(NC(=O)CCCN)C1=O. The summed E-state index contributed by atoms with van der Waals surface area (Å²) < 4.78 is 0. The number of likely N-dealkylation sites (tertiary alicyclic amines) is 1. The standard InChI is InChI=1S/C11H21N3O2/c1-8(2)14-7-5-9(11(14)16)13-10(15)4-3-6-12/h8-9H,3-7,12H2,1-2H3,(H,13,15). The average molecular weight is 227 g/mol. The smallest absolute Gasteiger partial charge is 0.245 e. The van der Waals surface area contributed by atoms with E-state index in [1.54, 1.807) is 4.90 Å². The molecule has 1 aliphatic rings. The van der Waals surface area contributed by atoms with Gasteiger partial charge < -0.3 is 16.0 Å². The molecule has 1 atom stereocenters. The van der Waals surface area contributed by atoms with E-state index in [-0.39, 0.29) is 23.9 Å². The Hall–Kier alpha value is -1.10. The van der Waals surface area contributed by atoms with Crippen LogP contribution in [0.25, 0.3) is 0 Å². The fraction of sp³-hybridized carbons (Fsp3) is 0.818. The van der Waals surface area contributed by atoms with Gasteiger partial charge in [-0.15, -0.1) is 0 Å². The number of hydrogen-bond acceptors (Lipinski definition) is 3. The largest absolute Gasteiger partial charge is 0.344 e. The maximum Gasteiger partial charge on any atom is 0.245 e. The highest BCUT2D eigenvalue weighted by Crippen LogP contribution is 2.14. The summed E-state index contributed by atoms with van der Waals surface area (Å²) in [6.45, 7) is 5.20. The van der Waals surface area contributed by atoms with E-state index in [9.17, 15) is 9.59 Å².